The lowest BCUT2D eigenvalue weighted by atomic mass is 9.84. The minimum absolute atomic E-state index is 0.105. The van der Waals surface area contributed by atoms with Gasteiger partial charge in [0.25, 0.3) is 0 Å². The third-order valence-electron chi connectivity index (χ3n) is 5.70. The Balaban J connectivity index is 1.42. The third kappa shape index (κ3) is 2.52. The highest BCUT2D eigenvalue weighted by atomic mass is 16.6. The number of nitrogens with zero attached hydrogens (tertiary/aromatic N) is 3. The van der Waals surface area contributed by atoms with Crippen molar-refractivity contribution < 1.29 is 14.3 Å². The molecule has 1 aliphatic carbocycles. The molecule has 1 N–H and O–H groups in total. The van der Waals surface area contributed by atoms with E-state index in [1.165, 1.54) is 6.33 Å². The largest absolute Gasteiger partial charge is 0.458 e. The van der Waals surface area contributed by atoms with Crippen molar-refractivity contribution in [2.75, 3.05) is 13.1 Å². The summed E-state index contributed by atoms with van der Waals surface area (Å²) in [6, 6.07) is 0. The summed E-state index contributed by atoms with van der Waals surface area (Å²) in [5.41, 5.74) is -0.504. The first kappa shape index (κ1) is 14.7. The van der Waals surface area contributed by atoms with Crippen LogP contribution in [0.2, 0.25) is 0 Å². The Hall–Kier alpha value is -1.92. The zero-order chi connectivity index (χ0) is 15.9. The van der Waals surface area contributed by atoms with Gasteiger partial charge in [0, 0.05) is 19.0 Å². The van der Waals surface area contributed by atoms with Gasteiger partial charge < -0.3 is 9.64 Å². The highest BCUT2D eigenvalue weighted by molar-refractivity contribution is 5.88. The zero-order valence-corrected chi connectivity index (χ0v) is 13.2. The van der Waals surface area contributed by atoms with E-state index in [9.17, 15) is 9.59 Å². The molecule has 1 atom stereocenters. The van der Waals surface area contributed by atoms with Crippen molar-refractivity contribution in [2.24, 2.45) is 5.92 Å². The van der Waals surface area contributed by atoms with Gasteiger partial charge in [-0.1, -0.05) is 0 Å². The number of ether oxygens (including phenoxy) is 1. The van der Waals surface area contributed by atoms with E-state index in [2.05, 4.69) is 15.2 Å². The van der Waals surface area contributed by atoms with Crippen LogP contribution in [0.3, 0.4) is 0 Å². The maximum absolute atomic E-state index is 13.0. The summed E-state index contributed by atoms with van der Waals surface area (Å²) in [7, 11) is 0. The Morgan fingerprint density at radius 3 is 2.70 bits per heavy atom. The van der Waals surface area contributed by atoms with Crippen LogP contribution in [-0.4, -0.2) is 50.6 Å². The SMILES string of the molecule is O=C1C[C@H](C(=O)N2CCC(c3ncn[nH]3)CC2)C2(CCCC2)O1. The van der Waals surface area contributed by atoms with Gasteiger partial charge in [0.1, 0.15) is 17.8 Å². The molecule has 124 valence electrons. The molecule has 2 saturated heterocycles. The number of hydrogen-bond donors (Lipinski definition) is 1. The van der Waals surface area contributed by atoms with Crippen LogP contribution < -0.4 is 0 Å². The topological polar surface area (TPSA) is 88.2 Å². The highest BCUT2D eigenvalue weighted by Crippen LogP contribution is 2.46. The number of esters is 1. The maximum Gasteiger partial charge on any atom is 0.307 e. The van der Waals surface area contributed by atoms with Crippen LogP contribution in [-0.2, 0) is 14.3 Å². The number of piperidine rings is 1. The summed E-state index contributed by atoms with van der Waals surface area (Å²) < 4.78 is 5.60. The van der Waals surface area contributed by atoms with Crippen LogP contribution in [0.4, 0.5) is 0 Å². The molecule has 0 radical (unpaired) electrons. The second kappa shape index (κ2) is 5.62. The molecular formula is C16H22N4O3. The van der Waals surface area contributed by atoms with Crippen LogP contribution in [0, 0.1) is 5.92 Å². The van der Waals surface area contributed by atoms with E-state index in [4.69, 9.17) is 4.74 Å². The van der Waals surface area contributed by atoms with Crippen molar-refractivity contribution in [3.8, 4) is 0 Å². The van der Waals surface area contributed by atoms with E-state index in [1.807, 2.05) is 4.90 Å². The Kier molecular flexibility index (Phi) is 3.58. The van der Waals surface area contributed by atoms with E-state index in [0.717, 1.165) is 44.3 Å². The van der Waals surface area contributed by atoms with Gasteiger partial charge in [-0.15, -0.1) is 0 Å². The van der Waals surface area contributed by atoms with Crippen LogP contribution in [0.1, 0.15) is 56.7 Å². The quantitative estimate of drug-likeness (QED) is 0.832. The molecule has 0 aromatic carbocycles. The molecule has 1 amide bonds. The van der Waals surface area contributed by atoms with Crippen LogP contribution >= 0.6 is 0 Å². The lowest BCUT2D eigenvalue weighted by molar-refractivity contribution is -0.152. The van der Waals surface area contributed by atoms with Crippen molar-refractivity contribution in [3.63, 3.8) is 0 Å². The van der Waals surface area contributed by atoms with Gasteiger partial charge in [-0.25, -0.2) is 4.98 Å². The first-order chi connectivity index (χ1) is 11.2. The van der Waals surface area contributed by atoms with E-state index >= 15 is 0 Å². The number of nitrogens with one attached hydrogen (secondary N) is 1. The van der Waals surface area contributed by atoms with Gasteiger partial charge in [-0.05, 0) is 38.5 Å². The Labute approximate surface area is 134 Å². The van der Waals surface area contributed by atoms with E-state index in [-0.39, 0.29) is 24.2 Å². The molecule has 7 heteroatoms. The average Bonchev–Trinajstić information content (AvgIpc) is 3.29. The predicted octanol–water partition coefficient (Wildman–Crippen LogP) is 1.39. The molecule has 23 heavy (non-hydrogen) atoms. The van der Waals surface area contributed by atoms with E-state index in [0.29, 0.717) is 19.0 Å². The van der Waals surface area contributed by atoms with Crippen LogP contribution in [0.5, 0.6) is 0 Å². The second-order valence-electron chi connectivity index (χ2n) is 6.97. The number of carbonyl (C=O) groups is 2. The van der Waals surface area contributed by atoms with Crippen molar-refractivity contribution >= 4 is 11.9 Å². The third-order valence-corrected chi connectivity index (χ3v) is 5.70. The Morgan fingerprint density at radius 2 is 2.04 bits per heavy atom. The highest BCUT2D eigenvalue weighted by Gasteiger charge is 2.54. The van der Waals surface area contributed by atoms with Crippen LogP contribution in [0.25, 0.3) is 0 Å². The molecule has 3 heterocycles. The average molecular weight is 318 g/mol. The minimum atomic E-state index is -0.504. The molecular weight excluding hydrogens is 296 g/mol. The molecule has 0 bridgehead atoms. The maximum atomic E-state index is 13.0. The molecule has 1 aromatic rings. The van der Waals surface area contributed by atoms with Crippen molar-refractivity contribution in [1.82, 2.24) is 20.1 Å². The molecule has 1 spiro atoms. The molecule has 3 aliphatic rings. The Morgan fingerprint density at radius 1 is 1.30 bits per heavy atom. The van der Waals surface area contributed by atoms with Crippen molar-refractivity contribution in [1.29, 1.82) is 0 Å². The lowest BCUT2D eigenvalue weighted by Gasteiger charge is -2.36. The number of rotatable bonds is 2. The number of aromatic amines is 1. The van der Waals surface area contributed by atoms with Crippen LogP contribution in [0.15, 0.2) is 6.33 Å². The summed E-state index contributed by atoms with van der Waals surface area (Å²) in [6.45, 7) is 1.43. The van der Waals surface area contributed by atoms with Gasteiger partial charge in [0.15, 0.2) is 0 Å². The fourth-order valence-corrected chi connectivity index (χ4v) is 4.43. The number of amides is 1. The molecule has 3 fully saturated rings. The van der Waals surface area contributed by atoms with E-state index < -0.39 is 5.60 Å². The normalized spacial score (nSPS) is 27.6. The summed E-state index contributed by atoms with van der Waals surface area (Å²) in [5.74, 6) is 0.863. The molecule has 4 rings (SSSR count). The summed E-state index contributed by atoms with van der Waals surface area (Å²) in [5, 5.41) is 6.82. The number of carbonyl (C=O) groups excluding carboxylic acids is 2. The fraction of sp³-hybridized carbons (Fsp3) is 0.750. The summed E-state index contributed by atoms with van der Waals surface area (Å²) in [4.78, 5) is 30.9. The monoisotopic (exact) mass is 318 g/mol. The molecule has 1 saturated carbocycles. The molecule has 7 nitrogen and oxygen atoms in total. The number of H-pyrrole nitrogens is 1. The van der Waals surface area contributed by atoms with Gasteiger partial charge in [-0.3, -0.25) is 14.7 Å². The Bertz CT molecular complexity index is 586. The minimum Gasteiger partial charge on any atom is -0.458 e. The van der Waals surface area contributed by atoms with Gasteiger partial charge >= 0.3 is 5.97 Å². The van der Waals surface area contributed by atoms with Crippen molar-refractivity contribution in [2.45, 2.75) is 56.5 Å². The zero-order valence-electron chi connectivity index (χ0n) is 13.2. The number of aromatic nitrogens is 3. The first-order valence-electron chi connectivity index (χ1n) is 8.54. The molecule has 1 aromatic heterocycles. The second-order valence-corrected chi connectivity index (χ2v) is 6.97. The van der Waals surface area contributed by atoms with Gasteiger partial charge in [0.2, 0.25) is 5.91 Å². The number of hydrogen-bond acceptors (Lipinski definition) is 5. The lowest BCUT2D eigenvalue weighted by Crippen LogP contribution is -2.47. The molecule has 0 unspecified atom stereocenters. The number of likely N-dealkylation sites (tertiary alicyclic amines) is 1. The van der Waals surface area contributed by atoms with Gasteiger partial charge in [0.05, 0.1) is 12.3 Å². The summed E-state index contributed by atoms with van der Waals surface area (Å²) in [6.07, 6.45) is 7.31. The van der Waals surface area contributed by atoms with E-state index in [1.54, 1.807) is 0 Å². The predicted molar refractivity (Wildman–Crippen MR) is 80.3 cm³/mol. The molecule has 2 aliphatic heterocycles. The first-order valence-corrected chi connectivity index (χ1v) is 8.54. The smallest absolute Gasteiger partial charge is 0.307 e. The van der Waals surface area contributed by atoms with Gasteiger partial charge in [-0.2, -0.15) is 5.10 Å². The van der Waals surface area contributed by atoms with Crippen molar-refractivity contribution in [3.05, 3.63) is 12.2 Å². The fourth-order valence-electron chi connectivity index (χ4n) is 4.43. The summed E-state index contributed by atoms with van der Waals surface area (Å²) >= 11 is 0. The standard InChI is InChI=1S/C16H22N4O3/c21-13-9-12(16(23-13)5-1-2-6-16)15(22)20-7-3-11(4-8-20)14-17-10-18-19-14/h10-12H,1-9H2,(H,17,18,19)/t12-/m1/s1.